The molecule has 0 aliphatic carbocycles. The van der Waals surface area contributed by atoms with E-state index in [-0.39, 0.29) is 5.82 Å². The van der Waals surface area contributed by atoms with Gasteiger partial charge in [0.05, 0.1) is 0 Å². The molecule has 2 unspecified atom stereocenters. The average Bonchev–Trinajstić information content (AvgIpc) is 2.30. The van der Waals surface area contributed by atoms with Gasteiger partial charge in [0.1, 0.15) is 5.82 Å². The quantitative estimate of drug-likeness (QED) is 0.832. The highest BCUT2D eigenvalue weighted by molar-refractivity contribution is 9.10. The van der Waals surface area contributed by atoms with Crippen molar-refractivity contribution in [1.82, 2.24) is 5.32 Å². The van der Waals surface area contributed by atoms with Gasteiger partial charge in [-0.25, -0.2) is 4.39 Å². The lowest BCUT2D eigenvalue weighted by Gasteiger charge is -2.23. The van der Waals surface area contributed by atoms with Crippen LogP contribution in [0.15, 0.2) is 22.7 Å². The molecular formula is C14H21BrFN. The molecule has 0 aromatic heterocycles. The van der Waals surface area contributed by atoms with Gasteiger partial charge in [0, 0.05) is 10.5 Å². The molecule has 0 fully saturated rings. The molecule has 0 aliphatic heterocycles. The van der Waals surface area contributed by atoms with Crippen molar-refractivity contribution in [3.05, 3.63) is 34.1 Å². The number of nitrogens with one attached hydrogen (secondary N) is 1. The van der Waals surface area contributed by atoms with Crippen molar-refractivity contribution in [3.63, 3.8) is 0 Å². The maximum Gasteiger partial charge on any atom is 0.126 e. The van der Waals surface area contributed by atoms with Gasteiger partial charge in [0.25, 0.3) is 0 Å². The Hall–Kier alpha value is -0.410. The molecule has 1 aromatic rings. The van der Waals surface area contributed by atoms with Crippen LogP contribution in [0.25, 0.3) is 0 Å². The maximum absolute atomic E-state index is 13.7. The number of benzene rings is 1. The van der Waals surface area contributed by atoms with Crippen molar-refractivity contribution < 1.29 is 4.39 Å². The predicted octanol–water partition coefficient (Wildman–Crippen LogP) is 4.15. The third-order valence-electron chi connectivity index (χ3n) is 3.25. The van der Waals surface area contributed by atoms with E-state index in [2.05, 4.69) is 35.1 Å². The van der Waals surface area contributed by atoms with Crippen molar-refractivity contribution >= 4 is 15.9 Å². The van der Waals surface area contributed by atoms with Crippen LogP contribution in [-0.2, 0) is 6.42 Å². The summed E-state index contributed by atoms with van der Waals surface area (Å²) in [4.78, 5) is 0. The Morgan fingerprint density at radius 1 is 1.41 bits per heavy atom. The summed E-state index contributed by atoms with van der Waals surface area (Å²) in [5.74, 6) is 0.445. The molecule has 0 spiro atoms. The molecule has 0 bridgehead atoms. The van der Waals surface area contributed by atoms with E-state index in [1.807, 2.05) is 13.1 Å². The lowest BCUT2D eigenvalue weighted by atomic mass is 9.91. The first-order chi connectivity index (χ1) is 8.08. The van der Waals surface area contributed by atoms with Crippen LogP contribution in [0.3, 0.4) is 0 Å². The highest BCUT2D eigenvalue weighted by Crippen LogP contribution is 2.20. The van der Waals surface area contributed by atoms with E-state index >= 15 is 0 Å². The Balaban J connectivity index is 2.76. The molecule has 3 heteroatoms. The van der Waals surface area contributed by atoms with Gasteiger partial charge in [-0.15, -0.1) is 0 Å². The van der Waals surface area contributed by atoms with E-state index in [4.69, 9.17) is 0 Å². The summed E-state index contributed by atoms with van der Waals surface area (Å²) in [6.07, 6.45) is 3.07. The van der Waals surface area contributed by atoms with E-state index in [1.54, 1.807) is 6.07 Å². The Labute approximate surface area is 112 Å². The van der Waals surface area contributed by atoms with Gasteiger partial charge in [0.15, 0.2) is 0 Å². The third kappa shape index (κ3) is 4.40. The molecule has 1 aromatic carbocycles. The summed E-state index contributed by atoms with van der Waals surface area (Å²) >= 11 is 3.39. The number of rotatable bonds is 6. The molecule has 0 aliphatic rings. The standard InChI is InChI=1S/C14H21BrFN/c1-4-5-10(2)14(17-3)9-11-8-12(15)6-7-13(11)16/h6-8,10,14,17H,4-5,9H2,1-3H3. The smallest absolute Gasteiger partial charge is 0.126 e. The minimum Gasteiger partial charge on any atom is -0.316 e. The highest BCUT2D eigenvalue weighted by atomic mass is 79.9. The number of likely N-dealkylation sites (N-methyl/N-ethyl adjacent to an activating group) is 1. The van der Waals surface area contributed by atoms with Crippen molar-refractivity contribution in [2.45, 2.75) is 39.2 Å². The SMILES string of the molecule is CCCC(C)C(Cc1cc(Br)ccc1F)NC. The minimum atomic E-state index is -0.114. The van der Waals surface area contributed by atoms with Crippen molar-refractivity contribution in [1.29, 1.82) is 0 Å². The summed E-state index contributed by atoms with van der Waals surface area (Å²) in [7, 11) is 1.95. The zero-order valence-corrected chi connectivity index (χ0v) is 12.3. The molecule has 1 rings (SSSR count). The summed E-state index contributed by atoms with van der Waals surface area (Å²) < 4.78 is 14.6. The van der Waals surface area contributed by atoms with Gasteiger partial charge in [-0.1, -0.05) is 36.2 Å². The van der Waals surface area contributed by atoms with E-state index in [1.165, 1.54) is 18.9 Å². The molecule has 2 atom stereocenters. The van der Waals surface area contributed by atoms with E-state index in [9.17, 15) is 4.39 Å². The fraction of sp³-hybridized carbons (Fsp3) is 0.571. The summed E-state index contributed by atoms with van der Waals surface area (Å²) in [6.45, 7) is 4.41. The second-order valence-electron chi connectivity index (χ2n) is 4.60. The molecule has 17 heavy (non-hydrogen) atoms. The Morgan fingerprint density at radius 3 is 2.71 bits per heavy atom. The lowest BCUT2D eigenvalue weighted by molar-refractivity contribution is 0.368. The average molecular weight is 302 g/mol. The zero-order chi connectivity index (χ0) is 12.8. The topological polar surface area (TPSA) is 12.0 Å². The second kappa shape index (κ2) is 7.12. The lowest BCUT2D eigenvalue weighted by Crippen LogP contribution is -2.34. The van der Waals surface area contributed by atoms with Gasteiger partial charge < -0.3 is 5.32 Å². The first-order valence-electron chi connectivity index (χ1n) is 6.19. The van der Waals surface area contributed by atoms with Gasteiger partial charge in [-0.2, -0.15) is 0 Å². The number of hydrogen-bond donors (Lipinski definition) is 1. The maximum atomic E-state index is 13.7. The zero-order valence-electron chi connectivity index (χ0n) is 10.8. The molecule has 1 nitrogen and oxygen atoms in total. The largest absolute Gasteiger partial charge is 0.316 e. The summed E-state index contributed by atoms with van der Waals surface area (Å²) in [6, 6.07) is 5.47. The van der Waals surface area contributed by atoms with Crippen LogP contribution in [0, 0.1) is 11.7 Å². The van der Waals surface area contributed by atoms with Crippen molar-refractivity contribution in [2.24, 2.45) is 5.92 Å². The first kappa shape index (κ1) is 14.7. The van der Waals surface area contributed by atoms with Crippen molar-refractivity contribution in [2.75, 3.05) is 7.05 Å². The van der Waals surface area contributed by atoms with Crippen LogP contribution in [-0.4, -0.2) is 13.1 Å². The van der Waals surface area contributed by atoms with Crippen LogP contribution >= 0.6 is 15.9 Å². The Kier molecular flexibility index (Phi) is 6.14. The van der Waals surface area contributed by atoms with Crippen LogP contribution in [0.5, 0.6) is 0 Å². The molecule has 0 amide bonds. The summed E-state index contributed by atoms with van der Waals surface area (Å²) in [5, 5.41) is 3.30. The number of halogens is 2. The van der Waals surface area contributed by atoms with E-state index in [0.717, 1.165) is 16.5 Å². The van der Waals surface area contributed by atoms with Gasteiger partial charge >= 0.3 is 0 Å². The highest BCUT2D eigenvalue weighted by Gasteiger charge is 2.17. The van der Waals surface area contributed by atoms with E-state index in [0.29, 0.717) is 12.0 Å². The minimum absolute atomic E-state index is 0.114. The summed E-state index contributed by atoms with van der Waals surface area (Å²) in [5.41, 5.74) is 0.779. The van der Waals surface area contributed by atoms with Crippen molar-refractivity contribution in [3.8, 4) is 0 Å². The third-order valence-corrected chi connectivity index (χ3v) is 3.74. The van der Waals surface area contributed by atoms with Crippen LogP contribution in [0.1, 0.15) is 32.3 Å². The predicted molar refractivity (Wildman–Crippen MR) is 74.7 cm³/mol. The molecule has 0 saturated heterocycles. The normalized spacial score (nSPS) is 14.6. The van der Waals surface area contributed by atoms with Crippen LogP contribution < -0.4 is 5.32 Å². The van der Waals surface area contributed by atoms with Gasteiger partial charge in [-0.05, 0) is 49.6 Å². The fourth-order valence-electron chi connectivity index (χ4n) is 2.18. The second-order valence-corrected chi connectivity index (χ2v) is 5.52. The number of hydrogen-bond acceptors (Lipinski definition) is 1. The molecule has 1 N–H and O–H groups in total. The van der Waals surface area contributed by atoms with Crippen LogP contribution in [0.4, 0.5) is 4.39 Å². The molecule has 0 heterocycles. The first-order valence-corrected chi connectivity index (χ1v) is 6.99. The molecule has 96 valence electrons. The molecule has 0 saturated carbocycles. The van der Waals surface area contributed by atoms with E-state index < -0.39 is 0 Å². The van der Waals surface area contributed by atoms with Gasteiger partial charge in [-0.3, -0.25) is 0 Å². The van der Waals surface area contributed by atoms with Crippen LogP contribution in [0.2, 0.25) is 0 Å². The Bertz CT molecular complexity index is 354. The van der Waals surface area contributed by atoms with Gasteiger partial charge in [0.2, 0.25) is 0 Å². The Morgan fingerprint density at radius 2 is 2.12 bits per heavy atom. The molecular weight excluding hydrogens is 281 g/mol. The fourth-order valence-corrected chi connectivity index (χ4v) is 2.59. The molecule has 0 radical (unpaired) electrons. The monoisotopic (exact) mass is 301 g/mol.